The van der Waals surface area contributed by atoms with Crippen LogP contribution in [0.3, 0.4) is 0 Å². The SMILES string of the molecule is CCc1cc(CC2(C(C)Cl)CC2)n(CC)n1. The molecule has 1 heterocycles. The molecule has 1 atom stereocenters. The second-order valence-corrected chi connectivity index (χ2v) is 5.61. The lowest BCUT2D eigenvalue weighted by atomic mass is 9.96. The summed E-state index contributed by atoms with van der Waals surface area (Å²) >= 11 is 6.29. The van der Waals surface area contributed by atoms with E-state index in [9.17, 15) is 0 Å². The molecule has 2 nitrogen and oxygen atoms in total. The number of hydrogen-bond donors (Lipinski definition) is 0. The van der Waals surface area contributed by atoms with Gasteiger partial charge >= 0.3 is 0 Å². The van der Waals surface area contributed by atoms with Gasteiger partial charge < -0.3 is 0 Å². The van der Waals surface area contributed by atoms with Crippen LogP contribution in [-0.4, -0.2) is 15.2 Å². The second kappa shape index (κ2) is 4.40. The van der Waals surface area contributed by atoms with Gasteiger partial charge in [-0.2, -0.15) is 5.10 Å². The molecule has 3 heteroatoms. The third kappa shape index (κ3) is 2.13. The van der Waals surface area contributed by atoms with Crippen LogP contribution in [0.25, 0.3) is 0 Å². The van der Waals surface area contributed by atoms with Crippen molar-refractivity contribution in [3.63, 3.8) is 0 Å². The molecule has 1 saturated carbocycles. The molecule has 2 rings (SSSR count). The van der Waals surface area contributed by atoms with Gasteiger partial charge in [0.2, 0.25) is 0 Å². The number of hydrogen-bond acceptors (Lipinski definition) is 1. The monoisotopic (exact) mass is 240 g/mol. The highest BCUT2D eigenvalue weighted by Crippen LogP contribution is 2.53. The van der Waals surface area contributed by atoms with Crippen molar-refractivity contribution in [3.05, 3.63) is 17.5 Å². The Morgan fingerprint density at radius 1 is 1.50 bits per heavy atom. The van der Waals surface area contributed by atoms with Crippen molar-refractivity contribution >= 4 is 11.6 Å². The molecule has 16 heavy (non-hydrogen) atoms. The van der Waals surface area contributed by atoms with Crippen LogP contribution in [0.15, 0.2) is 6.07 Å². The maximum absolute atomic E-state index is 6.29. The highest BCUT2D eigenvalue weighted by Gasteiger charge is 2.47. The maximum atomic E-state index is 6.29. The summed E-state index contributed by atoms with van der Waals surface area (Å²) in [7, 11) is 0. The molecule has 0 aromatic carbocycles. The first-order valence-corrected chi connectivity index (χ1v) is 6.74. The molecule has 1 aliphatic rings. The van der Waals surface area contributed by atoms with E-state index in [1.165, 1.54) is 24.2 Å². The molecule has 1 aromatic rings. The van der Waals surface area contributed by atoms with Gasteiger partial charge in [-0.25, -0.2) is 0 Å². The highest BCUT2D eigenvalue weighted by molar-refractivity contribution is 6.21. The van der Waals surface area contributed by atoms with E-state index in [1.54, 1.807) is 0 Å². The van der Waals surface area contributed by atoms with Crippen molar-refractivity contribution in [2.24, 2.45) is 5.41 Å². The first-order chi connectivity index (χ1) is 7.61. The summed E-state index contributed by atoms with van der Waals surface area (Å²) in [6, 6.07) is 2.25. The lowest BCUT2D eigenvalue weighted by Crippen LogP contribution is -2.18. The van der Waals surface area contributed by atoms with Gasteiger partial charge in [-0.05, 0) is 51.0 Å². The summed E-state index contributed by atoms with van der Waals surface area (Å²) in [4.78, 5) is 0. The normalized spacial score (nSPS) is 19.8. The van der Waals surface area contributed by atoms with Crippen LogP contribution in [0.5, 0.6) is 0 Å². The number of halogens is 1. The third-order valence-electron chi connectivity index (χ3n) is 3.84. The van der Waals surface area contributed by atoms with E-state index in [1.807, 2.05) is 0 Å². The molecule has 0 aliphatic heterocycles. The zero-order valence-electron chi connectivity index (χ0n) is 10.5. The first kappa shape index (κ1) is 12.0. The maximum Gasteiger partial charge on any atom is 0.0624 e. The molecule has 0 N–H and O–H groups in total. The van der Waals surface area contributed by atoms with Gasteiger partial charge in [0.15, 0.2) is 0 Å². The summed E-state index contributed by atoms with van der Waals surface area (Å²) < 4.78 is 2.14. The summed E-state index contributed by atoms with van der Waals surface area (Å²) in [6.45, 7) is 7.40. The Bertz CT molecular complexity index is 364. The highest BCUT2D eigenvalue weighted by atomic mass is 35.5. The van der Waals surface area contributed by atoms with Crippen LogP contribution in [0.4, 0.5) is 0 Å². The minimum absolute atomic E-state index is 0.276. The van der Waals surface area contributed by atoms with E-state index in [-0.39, 0.29) is 5.38 Å². The van der Waals surface area contributed by atoms with E-state index in [0.717, 1.165) is 19.4 Å². The van der Waals surface area contributed by atoms with Crippen LogP contribution in [-0.2, 0) is 19.4 Å². The van der Waals surface area contributed by atoms with E-state index in [2.05, 4.69) is 36.6 Å². The van der Waals surface area contributed by atoms with Crippen LogP contribution in [0, 0.1) is 5.41 Å². The molecule has 0 saturated heterocycles. The Morgan fingerprint density at radius 2 is 2.19 bits per heavy atom. The number of nitrogens with zero attached hydrogens (tertiary/aromatic N) is 2. The Hall–Kier alpha value is -0.500. The molecule has 90 valence electrons. The van der Waals surface area contributed by atoms with Crippen LogP contribution < -0.4 is 0 Å². The molecule has 1 aromatic heterocycles. The lowest BCUT2D eigenvalue weighted by molar-refractivity contribution is 0.467. The zero-order valence-corrected chi connectivity index (χ0v) is 11.2. The van der Waals surface area contributed by atoms with Crippen molar-refractivity contribution in [2.75, 3.05) is 0 Å². The van der Waals surface area contributed by atoms with E-state index in [4.69, 9.17) is 11.6 Å². The van der Waals surface area contributed by atoms with Gasteiger partial charge in [0, 0.05) is 17.6 Å². The minimum Gasteiger partial charge on any atom is -0.270 e. The van der Waals surface area contributed by atoms with Gasteiger partial charge in [0.25, 0.3) is 0 Å². The quantitative estimate of drug-likeness (QED) is 0.722. The van der Waals surface area contributed by atoms with Crippen LogP contribution in [0.2, 0.25) is 0 Å². The fraction of sp³-hybridized carbons (Fsp3) is 0.769. The average Bonchev–Trinajstić information content (AvgIpc) is 2.93. The van der Waals surface area contributed by atoms with Gasteiger partial charge in [-0.3, -0.25) is 4.68 Å². The zero-order chi connectivity index (χ0) is 11.8. The second-order valence-electron chi connectivity index (χ2n) is 4.95. The van der Waals surface area contributed by atoms with Crippen molar-refractivity contribution < 1.29 is 0 Å². The number of aryl methyl sites for hydroxylation is 2. The largest absolute Gasteiger partial charge is 0.270 e. The number of alkyl halides is 1. The average molecular weight is 241 g/mol. The fourth-order valence-corrected chi connectivity index (χ4v) is 2.64. The van der Waals surface area contributed by atoms with Crippen LogP contribution >= 0.6 is 11.6 Å². The van der Waals surface area contributed by atoms with E-state index >= 15 is 0 Å². The van der Waals surface area contributed by atoms with E-state index in [0.29, 0.717) is 5.41 Å². The number of aromatic nitrogens is 2. The Kier molecular flexibility index (Phi) is 3.29. The van der Waals surface area contributed by atoms with Crippen molar-refractivity contribution in [1.29, 1.82) is 0 Å². The Labute approximate surface area is 103 Å². The van der Waals surface area contributed by atoms with Gasteiger partial charge in [0.05, 0.1) is 5.69 Å². The Morgan fingerprint density at radius 3 is 2.62 bits per heavy atom. The van der Waals surface area contributed by atoms with Crippen molar-refractivity contribution in [1.82, 2.24) is 9.78 Å². The first-order valence-electron chi connectivity index (χ1n) is 6.31. The molecule has 0 spiro atoms. The van der Waals surface area contributed by atoms with Gasteiger partial charge in [0.1, 0.15) is 0 Å². The van der Waals surface area contributed by atoms with E-state index < -0.39 is 0 Å². The molecule has 0 bridgehead atoms. The minimum atomic E-state index is 0.276. The van der Waals surface area contributed by atoms with Crippen molar-refractivity contribution in [3.8, 4) is 0 Å². The molecular formula is C13H21ClN2. The predicted molar refractivity (Wildman–Crippen MR) is 68.0 cm³/mol. The van der Waals surface area contributed by atoms with Crippen molar-refractivity contribution in [2.45, 2.75) is 58.4 Å². The molecular weight excluding hydrogens is 220 g/mol. The summed E-state index contributed by atoms with van der Waals surface area (Å²) in [5, 5.41) is 4.87. The summed E-state index contributed by atoms with van der Waals surface area (Å²) in [6.07, 6.45) is 4.66. The Balaban J connectivity index is 2.17. The molecule has 1 aliphatic carbocycles. The van der Waals surface area contributed by atoms with Gasteiger partial charge in [-0.15, -0.1) is 11.6 Å². The van der Waals surface area contributed by atoms with Gasteiger partial charge in [-0.1, -0.05) is 6.92 Å². The summed E-state index contributed by atoms with van der Waals surface area (Å²) in [5.41, 5.74) is 2.93. The van der Waals surface area contributed by atoms with Crippen LogP contribution in [0.1, 0.15) is 45.0 Å². The number of rotatable bonds is 5. The molecule has 0 radical (unpaired) electrons. The smallest absolute Gasteiger partial charge is 0.0624 e. The molecule has 1 fully saturated rings. The standard InChI is InChI=1S/C13H21ClN2/c1-4-11-8-12(16(5-2)15-11)9-13(6-7-13)10(3)14/h8,10H,4-7,9H2,1-3H3. The summed E-state index contributed by atoms with van der Waals surface area (Å²) in [5.74, 6) is 0. The fourth-order valence-electron chi connectivity index (χ4n) is 2.34. The topological polar surface area (TPSA) is 17.8 Å². The third-order valence-corrected chi connectivity index (χ3v) is 4.31. The molecule has 1 unspecified atom stereocenters. The molecule has 0 amide bonds. The predicted octanol–water partition coefficient (Wildman–Crippen LogP) is 3.42. The lowest BCUT2D eigenvalue weighted by Gasteiger charge is -2.17.